The molecule has 0 aliphatic rings. The smallest absolute Gasteiger partial charge is 0.144 e. The molecule has 0 saturated heterocycles. The lowest BCUT2D eigenvalue weighted by atomic mass is 10.2. The van der Waals surface area contributed by atoms with Crippen LogP contribution in [0.3, 0.4) is 0 Å². The van der Waals surface area contributed by atoms with Crippen molar-refractivity contribution >= 4 is 12.2 Å². The van der Waals surface area contributed by atoms with Gasteiger partial charge >= 0.3 is 0 Å². The third-order valence-electron chi connectivity index (χ3n) is 5.00. The molecule has 4 rings (SSSR count). The van der Waals surface area contributed by atoms with Gasteiger partial charge in [0.1, 0.15) is 11.5 Å². The molecule has 0 aliphatic heterocycles. The Bertz CT molecular complexity index is 1170. The molecular weight excluding hydrogens is 386 g/mol. The van der Waals surface area contributed by atoms with Crippen LogP contribution in [0.25, 0.3) is 23.5 Å². The predicted molar refractivity (Wildman–Crippen MR) is 126 cm³/mol. The van der Waals surface area contributed by atoms with Crippen LogP contribution in [0.1, 0.15) is 31.9 Å². The van der Waals surface area contributed by atoms with Gasteiger partial charge in [0.05, 0.1) is 30.3 Å². The van der Waals surface area contributed by atoms with Gasteiger partial charge < -0.3 is 24.4 Å². The summed E-state index contributed by atoms with van der Waals surface area (Å²) in [5.41, 5.74) is 3.01. The number of para-hydroxylation sites is 1. The van der Waals surface area contributed by atoms with E-state index in [4.69, 9.17) is 9.47 Å². The van der Waals surface area contributed by atoms with Crippen molar-refractivity contribution < 1.29 is 9.47 Å². The molecule has 0 atom stereocenters. The van der Waals surface area contributed by atoms with E-state index in [0.717, 1.165) is 65.1 Å². The summed E-state index contributed by atoms with van der Waals surface area (Å²) in [6, 6.07) is 20.2. The summed E-state index contributed by atoms with van der Waals surface area (Å²) in [6.07, 6.45) is 9.38. The molecule has 0 fully saturated rings. The molecule has 0 bridgehead atoms. The topological polar surface area (TPSA) is 65.8 Å². The third-order valence-corrected chi connectivity index (χ3v) is 5.00. The normalized spacial score (nSPS) is 12.4. The summed E-state index contributed by atoms with van der Waals surface area (Å²) >= 11 is 0. The molecule has 0 aliphatic carbocycles. The van der Waals surface area contributed by atoms with Gasteiger partial charge in [-0.3, -0.25) is 0 Å². The highest BCUT2D eigenvalue weighted by molar-refractivity contribution is 5.65. The SMILES string of the molecule is CCOc1cc(-c2ccc[nH]2)[nH]c1C=c1ccc(=CCCCCOc2ccccc2)[nH]1. The Kier molecular flexibility index (Phi) is 6.96. The number of H-pyrrole nitrogens is 3. The summed E-state index contributed by atoms with van der Waals surface area (Å²) < 4.78 is 11.6. The number of aromatic nitrogens is 3. The van der Waals surface area contributed by atoms with E-state index in [1.54, 1.807) is 0 Å². The fourth-order valence-electron chi connectivity index (χ4n) is 3.48. The minimum Gasteiger partial charge on any atom is -0.494 e. The maximum Gasteiger partial charge on any atom is 0.144 e. The average Bonchev–Trinajstić information content (AvgIpc) is 3.54. The van der Waals surface area contributed by atoms with Crippen LogP contribution >= 0.6 is 0 Å². The number of nitrogens with one attached hydrogen (secondary N) is 3. The minimum absolute atomic E-state index is 0.626. The highest BCUT2D eigenvalue weighted by Gasteiger charge is 2.09. The van der Waals surface area contributed by atoms with E-state index in [2.05, 4.69) is 39.2 Å². The second-order valence-electron chi connectivity index (χ2n) is 7.35. The van der Waals surface area contributed by atoms with Crippen molar-refractivity contribution in [3.8, 4) is 22.9 Å². The van der Waals surface area contributed by atoms with Crippen LogP contribution in [0.4, 0.5) is 0 Å². The zero-order valence-corrected chi connectivity index (χ0v) is 17.9. The Morgan fingerprint density at radius 1 is 0.839 bits per heavy atom. The Morgan fingerprint density at radius 3 is 2.52 bits per heavy atom. The molecule has 1 aromatic carbocycles. The fourth-order valence-corrected chi connectivity index (χ4v) is 3.48. The quantitative estimate of drug-likeness (QED) is 0.332. The van der Waals surface area contributed by atoms with Crippen molar-refractivity contribution in [1.82, 2.24) is 15.0 Å². The summed E-state index contributed by atoms with van der Waals surface area (Å²) in [5.74, 6) is 1.79. The predicted octanol–water partition coefficient (Wildman–Crippen LogP) is 4.60. The summed E-state index contributed by atoms with van der Waals surface area (Å²) in [6.45, 7) is 3.37. The van der Waals surface area contributed by atoms with Crippen molar-refractivity contribution in [2.45, 2.75) is 26.2 Å². The van der Waals surface area contributed by atoms with Crippen LogP contribution in [0.5, 0.6) is 11.5 Å². The zero-order valence-electron chi connectivity index (χ0n) is 17.9. The fraction of sp³-hybridized carbons (Fsp3) is 0.231. The minimum atomic E-state index is 0.626. The number of rotatable bonds is 10. The summed E-state index contributed by atoms with van der Waals surface area (Å²) in [5, 5.41) is 2.17. The molecule has 0 unspecified atom stereocenters. The van der Waals surface area contributed by atoms with Gasteiger partial charge in [0.25, 0.3) is 0 Å². The Hall–Kier alpha value is -3.60. The summed E-state index contributed by atoms with van der Waals surface area (Å²) in [4.78, 5) is 10.1. The van der Waals surface area contributed by atoms with E-state index in [1.165, 1.54) is 0 Å². The third kappa shape index (κ3) is 5.72. The van der Waals surface area contributed by atoms with Crippen LogP contribution in [0, 0.1) is 0 Å². The molecule has 0 saturated carbocycles. The van der Waals surface area contributed by atoms with E-state index in [9.17, 15) is 0 Å². The molecule has 3 N–H and O–H groups in total. The lowest BCUT2D eigenvalue weighted by Gasteiger charge is -2.04. The zero-order chi connectivity index (χ0) is 21.3. The molecule has 3 heterocycles. The highest BCUT2D eigenvalue weighted by Crippen LogP contribution is 2.26. The molecule has 160 valence electrons. The van der Waals surface area contributed by atoms with E-state index < -0.39 is 0 Å². The van der Waals surface area contributed by atoms with Gasteiger partial charge in [-0.15, -0.1) is 0 Å². The van der Waals surface area contributed by atoms with Gasteiger partial charge in [-0.1, -0.05) is 24.3 Å². The lowest BCUT2D eigenvalue weighted by molar-refractivity contribution is 0.308. The van der Waals surface area contributed by atoms with E-state index in [1.807, 2.05) is 61.7 Å². The van der Waals surface area contributed by atoms with Gasteiger partial charge in [-0.25, -0.2) is 0 Å². The highest BCUT2D eigenvalue weighted by atomic mass is 16.5. The van der Waals surface area contributed by atoms with Gasteiger partial charge in [0, 0.05) is 23.0 Å². The van der Waals surface area contributed by atoms with Crippen molar-refractivity contribution in [3.63, 3.8) is 0 Å². The number of benzene rings is 1. The first kappa shape index (κ1) is 20.7. The van der Waals surface area contributed by atoms with E-state index in [-0.39, 0.29) is 0 Å². The lowest BCUT2D eigenvalue weighted by Crippen LogP contribution is -2.09. The van der Waals surface area contributed by atoms with Gasteiger partial charge in [-0.2, -0.15) is 0 Å². The van der Waals surface area contributed by atoms with Crippen molar-refractivity contribution in [2.24, 2.45) is 0 Å². The number of ether oxygens (including phenoxy) is 2. The molecule has 31 heavy (non-hydrogen) atoms. The first-order chi connectivity index (χ1) is 15.3. The molecule has 4 aromatic rings. The average molecular weight is 416 g/mol. The Morgan fingerprint density at radius 2 is 1.71 bits per heavy atom. The van der Waals surface area contributed by atoms with Gasteiger partial charge in [-0.05, 0) is 68.7 Å². The maximum absolute atomic E-state index is 5.82. The standard InChI is InChI=1S/C26H29N3O2/c1-2-30-26-19-24(23-13-9-16-27-23)29-25(26)18-21-15-14-20(28-21)10-5-4-8-17-31-22-11-6-3-7-12-22/h3,6-7,9-16,18-19,27-29H,2,4-5,8,17H2,1H3. The molecule has 5 heteroatoms. The summed E-state index contributed by atoms with van der Waals surface area (Å²) in [7, 11) is 0. The van der Waals surface area contributed by atoms with E-state index in [0.29, 0.717) is 6.61 Å². The van der Waals surface area contributed by atoms with Crippen LogP contribution in [-0.2, 0) is 0 Å². The number of aromatic amines is 3. The molecule has 0 spiro atoms. The molecule has 0 radical (unpaired) electrons. The number of hydrogen-bond acceptors (Lipinski definition) is 2. The van der Waals surface area contributed by atoms with Crippen molar-refractivity contribution in [1.29, 1.82) is 0 Å². The molecule has 5 nitrogen and oxygen atoms in total. The van der Waals surface area contributed by atoms with Crippen LogP contribution in [0.2, 0.25) is 0 Å². The second kappa shape index (κ2) is 10.4. The number of hydrogen-bond donors (Lipinski definition) is 3. The molecular formula is C26H29N3O2. The van der Waals surface area contributed by atoms with Crippen LogP contribution < -0.4 is 20.2 Å². The number of unbranched alkanes of at least 4 members (excludes halogenated alkanes) is 2. The Balaban J connectivity index is 1.36. The Labute approximate surface area is 182 Å². The first-order valence-corrected chi connectivity index (χ1v) is 10.9. The van der Waals surface area contributed by atoms with Crippen molar-refractivity contribution in [3.05, 3.63) is 83.3 Å². The monoisotopic (exact) mass is 415 g/mol. The van der Waals surface area contributed by atoms with Gasteiger partial charge in [0.2, 0.25) is 0 Å². The maximum atomic E-state index is 5.82. The first-order valence-electron chi connectivity index (χ1n) is 10.9. The van der Waals surface area contributed by atoms with Crippen molar-refractivity contribution in [2.75, 3.05) is 13.2 Å². The van der Waals surface area contributed by atoms with Gasteiger partial charge in [0.15, 0.2) is 0 Å². The largest absolute Gasteiger partial charge is 0.494 e. The van der Waals surface area contributed by atoms with E-state index >= 15 is 0 Å². The second-order valence-corrected chi connectivity index (χ2v) is 7.35. The molecule has 0 amide bonds. The van der Waals surface area contributed by atoms with Crippen LogP contribution in [0.15, 0.2) is 66.9 Å². The van der Waals surface area contributed by atoms with Crippen LogP contribution in [-0.4, -0.2) is 28.2 Å². The molecule has 3 aromatic heterocycles.